The molecule has 6 heteroatoms. The highest BCUT2D eigenvalue weighted by molar-refractivity contribution is 7.13. The van der Waals surface area contributed by atoms with Crippen LogP contribution in [0.3, 0.4) is 0 Å². The molecule has 0 amide bonds. The van der Waals surface area contributed by atoms with Crippen LogP contribution in [0.5, 0.6) is 0 Å². The molecule has 0 radical (unpaired) electrons. The molecule has 1 aromatic rings. The van der Waals surface area contributed by atoms with Crippen LogP contribution in [0.4, 0.5) is 5.13 Å². The number of carbonyl (C=O) groups is 1. The SMILES string of the molecule is CCOC(=O)c1csc(NCC2CCCOC2)n1. The number of esters is 1. The molecule has 1 aliphatic rings. The van der Waals surface area contributed by atoms with Crippen molar-refractivity contribution < 1.29 is 14.3 Å². The molecule has 0 saturated carbocycles. The molecule has 1 aromatic heterocycles. The van der Waals surface area contributed by atoms with E-state index in [1.54, 1.807) is 12.3 Å². The van der Waals surface area contributed by atoms with Crippen molar-refractivity contribution in [2.75, 3.05) is 31.7 Å². The number of nitrogens with one attached hydrogen (secondary N) is 1. The van der Waals surface area contributed by atoms with Crippen molar-refractivity contribution >= 4 is 22.4 Å². The molecule has 2 rings (SSSR count). The van der Waals surface area contributed by atoms with Gasteiger partial charge in [-0.1, -0.05) is 0 Å². The number of ether oxygens (including phenoxy) is 2. The Morgan fingerprint density at radius 1 is 1.72 bits per heavy atom. The van der Waals surface area contributed by atoms with Gasteiger partial charge in [-0.2, -0.15) is 0 Å². The summed E-state index contributed by atoms with van der Waals surface area (Å²) in [6.07, 6.45) is 2.31. The van der Waals surface area contributed by atoms with Gasteiger partial charge in [0.2, 0.25) is 0 Å². The van der Waals surface area contributed by atoms with Crippen LogP contribution in [0.2, 0.25) is 0 Å². The maximum absolute atomic E-state index is 11.4. The quantitative estimate of drug-likeness (QED) is 0.831. The summed E-state index contributed by atoms with van der Waals surface area (Å²) in [5, 5.41) is 5.74. The topological polar surface area (TPSA) is 60.5 Å². The molecule has 0 spiro atoms. The van der Waals surface area contributed by atoms with Gasteiger partial charge in [0, 0.05) is 18.5 Å². The zero-order valence-electron chi connectivity index (χ0n) is 10.5. The molecular formula is C12H18N2O3S. The second-order valence-corrected chi connectivity index (χ2v) is 5.08. The van der Waals surface area contributed by atoms with Crippen LogP contribution in [-0.2, 0) is 9.47 Å². The van der Waals surface area contributed by atoms with Crippen molar-refractivity contribution in [2.45, 2.75) is 19.8 Å². The molecule has 1 unspecified atom stereocenters. The molecule has 2 heterocycles. The van der Waals surface area contributed by atoms with Crippen molar-refractivity contribution in [3.05, 3.63) is 11.1 Å². The standard InChI is InChI=1S/C12H18N2O3S/c1-2-17-11(15)10-8-18-12(14-10)13-6-9-4-3-5-16-7-9/h8-9H,2-7H2,1H3,(H,13,14). The Labute approximate surface area is 111 Å². The first kappa shape index (κ1) is 13.3. The van der Waals surface area contributed by atoms with E-state index in [1.165, 1.54) is 17.8 Å². The molecule has 1 fully saturated rings. The van der Waals surface area contributed by atoms with Crippen LogP contribution >= 0.6 is 11.3 Å². The molecule has 100 valence electrons. The number of hydrogen-bond donors (Lipinski definition) is 1. The first-order valence-corrected chi connectivity index (χ1v) is 7.12. The lowest BCUT2D eigenvalue weighted by Gasteiger charge is -2.21. The number of carbonyl (C=O) groups excluding carboxylic acids is 1. The molecule has 18 heavy (non-hydrogen) atoms. The van der Waals surface area contributed by atoms with Crippen molar-refractivity contribution in [3.63, 3.8) is 0 Å². The van der Waals surface area contributed by atoms with Gasteiger partial charge in [-0.25, -0.2) is 9.78 Å². The molecule has 0 bridgehead atoms. The van der Waals surface area contributed by atoms with E-state index in [0.29, 0.717) is 18.2 Å². The summed E-state index contributed by atoms with van der Waals surface area (Å²) in [6.45, 7) is 4.69. The van der Waals surface area contributed by atoms with Crippen LogP contribution in [0.25, 0.3) is 0 Å². The average molecular weight is 270 g/mol. The molecule has 1 atom stereocenters. The van der Waals surface area contributed by atoms with Gasteiger partial charge in [-0.15, -0.1) is 11.3 Å². The maximum Gasteiger partial charge on any atom is 0.357 e. The van der Waals surface area contributed by atoms with Crippen molar-refractivity contribution in [3.8, 4) is 0 Å². The van der Waals surface area contributed by atoms with E-state index < -0.39 is 0 Å². The fourth-order valence-electron chi connectivity index (χ4n) is 1.85. The summed E-state index contributed by atoms with van der Waals surface area (Å²) in [5.74, 6) is 0.177. The van der Waals surface area contributed by atoms with E-state index in [9.17, 15) is 4.79 Å². The largest absolute Gasteiger partial charge is 0.461 e. The fourth-order valence-corrected chi connectivity index (χ4v) is 2.54. The molecule has 1 N–H and O–H groups in total. The first-order chi connectivity index (χ1) is 8.79. The Hall–Kier alpha value is -1.14. The number of rotatable bonds is 5. The van der Waals surface area contributed by atoms with E-state index >= 15 is 0 Å². The molecule has 5 nitrogen and oxygen atoms in total. The van der Waals surface area contributed by atoms with Crippen LogP contribution < -0.4 is 5.32 Å². The first-order valence-electron chi connectivity index (χ1n) is 6.24. The van der Waals surface area contributed by atoms with Gasteiger partial charge in [0.15, 0.2) is 10.8 Å². The third-order valence-corrected chi connectivity index (χ3v) is 3.59. The number of thiazole rings is 1. The van der Waals surface area contributed by atoms with E-state index in [0.717, 1.165) is 31.3 Å². The average Bonchev–Trinajstić information content (AvgIpc) is 2.87. The Balaban J connectivity index is 1.80. The number of hydrogen-bond acceptors (Lipinski definition) is 6. The van der Waals surface area contributed by atoms with E-state index in [-0.39, 0.29) is 5.97 Å². The van der Waals surface area contributed by atoms with Crippen LogP contribution in [0.15, 0.2) is 5.38 Å². The second kappa shape index (κ2) is 6.70. The minimum absolute atomic E-state index is 0.359. The maximum atomic E-state index is 11.4. The van der Waals surface area contributed by atoms with Gasteiger partial charge in [-0.3, -0.25) is 0 Å². The smallest absolute Gasteiger partial charge is 0.357 e. The van der Waals surface area contributed by atoms with Crippen molar-refractivity contribution in [1.82, 2.24) is 4.98 Å². The van der Waals surface area contributed by atoms with Gasteiger partial charge in [0.25, 0.3) is 0 Å². The lowest BCUT2D eigenvalue weighted by atomic mass is 10.0. The van der Waals surface area contributed by atoms with Gasteiger partial charge in [0.05, 0.1) is 13.2 Å². The predicted octanol–water partition coefficient (Wildman–Crippen LogP) is 2.16. The normalized spacial score (nSPS) is 19.5. The Kier molecular flexibility index (Phi) is 4.95. The molecule has 1 aliphatic heterocycles. The summed E-state index contributed by atoms with van der Waals surface area (Å²) in [4.78, 5) is 15.6. The molecule has 1 saturated heterocycles. The fraction of sp³-hybridized carbons (Fsp3) is 0.667. The minimum atomic E-state index is -0.359. The van der Waals surface area contributed by atoms with Crippen LogP contribution in [0, 0.1) is 5.92 Å². The van der Waals surface area contributed by atoms with Crippen LogP contribution in [0.1, 0.15) is 30.3 Å². The Morgan fingerprint density at radius 2 is 2.61 bits per heavy atom. The summed E-state index contributed by atoms with van der Waals surface area (Å²) in [6, 6.07) is 0. The van der Waals surface area contributed by atoms with Gasteiger partial charge in [0.1, 0.15) is 0 Å². The molecule has 0 aromatic carbocycles. The van der Waals surface area contributed by atoms with Crippen molar-refractivity contribution in [1.29, 1.82) is 0 Å². The number of aromatic nitrogens is 1. The lowest BCUT2D eigenvalue weighted by molar-refractivity contribution is 0.0520. The zero-order chi connectivity index (χ0) is 12.8. The molecule has 0 aliphatic carbocycles. The third-order valence-electron chi connectivity index (χ3n) is 2.79. The number of nitrogens with zero attached hydrogens (tertiary/aromatic N) is 1. The van der Waals surface area contributed by atoms with E-state index in [4.69, 9.17) is 9.47 Å². The van der Waals surface area contributed by atoms with E-state index in [2.05, 4.69) is 10.3 Å². The highest BCUT2D eigenvalue weighted by atomic mass is 32.1. The van der Waals surface area contributed by atoms with Crippen molar-refractivity contribution in [2.24, 2.45) is 5.92 Å². The third kappa shape index (κ3) is 3.68. The zero-order valence-corrected chi connectivity index (χ0v) is 11.3. The summed E-state index contributed by atoms with van der Waals surface area (Å²) >= 11 is 1.43. The Morgan fingerprint density at radius 3 is 3.33 bits per heavy atom. The van der Waals surface area contributed by atoms with Gasteiger partial charge in [-0.05, 0) is 25.7 Å². The van der Waals surface area contributed by atoms with E-state index in [1.807, 2.05) is 0 Å². The monoisotopic (exact) mass is 270 g/mol. The predicted molar refractivity (Wildman–Crippen MR) is 70.1 cm³/mol. The highest BCUT2D eigenvalue weighted by Gasteiger charge is 2.15. The van der Waals surface area contributed by atoms with Gasteiger partial charge >= 0.3 is 5.97 Å². The highest BCUT2D eigenvalue weighted by Crippen LogP contribution is 2.19. The molecular weight excluding hydrogens is 252 g/mol. The summed E-state index contributed by atoms with van der Waals surface area (Å²) < 4.78 is 10.3. The lowest BCUT2D eigenvalue weighted by Crippen LogP contribution is -2.24. The number of anilines is 1. The Bertz CT molecular complexity index is 388. The summed E-state index contributed by atoms with van der Waals surface area (Å²) in [7, 11) is 0. The summed E-state index contributed by atoms with van der Waals surface area (Å²) in [5.41, 5.74) is 0.379. The van der Waals surface area contributed by atoms with Crippen LogP contribution in [-0.4, -0.2) is 37.3 Å². The minimum Gasteiger partial charge on any atom is -0.461 e. The van der Waals surface area contributed by atoms with Gasteiger partial charge < -0.3 is 14.8 Å². The second-order valence-electron chi connectivity index (χ2n) is 4.22.